The Hall–Kier alpha value is -3.17. The standard InChI is InChI=1S/C24H28N4O4S/c1-3-32-19-8-9-20-21(16-19)33-24(26-20)28-14-12-27(13-15-28)11-10-25-22(29)17-4-6-18(7-5-17)23(30)31-2/h4-9,16H,3,10-15H2,1-2H3,(H,25,29). The first-order chi connectivity index (χ1) is 16.1. The van der Waals surface area contributed by atoms with Crippen molar-refractivity contribution in [3.8, 4) is 5.75 Å². The number of carbonyl (C=O) groups is 2. The van der Waals surface area contributed by atoms with E-state index >= 15 is 0 Å². The minimum absolute atomic E-state index is 0.147. The summed E-state index contributed by atoms with van der Waals surface area (Å²) in [6, 6.07) is 12.5. The summed E-state index contributed by atoms with van der Waals surface area (Å²) >= 11 is 1.70. The zero-order valence-electron chi connectivity index (χ0n) is 18.9. The lowest BCUT2D eigenvalue weighted by molar-refractivity contribution is 0.0600. The van der Waals surface area contributed by atoms with E-state index in [4.69, 9.17) is 9.72 Å². The molecule has 2 aromatic carbocycles. The summed E-state index contributed by atoms with van der Waals surface area (Å²) in [5.41, 5.74) is 1.95. The number of fused-ring (bicyclic) bond motifs is 1. The summed E-state index contributed by atoms with van der Waals surface area (Å²) in [4.78, 5) is 33.3. The smallest absolute Gasteiger partial charge is 0.337 e. The van der Waals surface area contributed by atoms with E-state index in [2.05, 4.69) is 25.9 Å². The Morgan fingerprint density at radius 3 is 2.48 bits per heavy atom. The van der Waals surface area contributed by atoms with Crippen LogP contribution in [0.25, 0.3) is 10.2 Å². The third-order valence-electron chi connectivity index (χ3n) is 5.58. The summed E-state index contributed by atoms with van der Waals surface area (Å²) in [6.45, 7) is 7.64. The van der Waals surface area contributed by atoms with Crippen LogP contribution in [0.1, 0.15) is 27.6 Å². The number of methoxy groups -OCH3 is 1. The molecule has 33 heavy (non-hydrogen) atoms. The maximum Gasteiger partial charge on any atom is 0.337 e. The number of thiazole rings is 1. The SMILES string of the molecule is CCOc1ccc2nc(N3CCN(CCNC(=O)c4ccc(C(=O)OC)cc4)CC3)sc2c1. The lowest BCUT2D eigenvalue weighted by Gasteiger charge is -2.34. The molecule has 1 saturated heterocycles. The first-order valence-corrected chi connectivity index (χ1v) is 11.9. The number of nitrogens with one attached hydrogen (secondary N) is 1. The van der Waals surface area contributed by atoms with Gasteiger partial charge in [0.15, 0.2) is 5.13 Å². The minimum Gasteiger partial charge on any atom is -0.494 e. The quantitative estimate of drug-likeness (QED) is 0.509. The van der Waals surface area contributed by atoms with Gasteiger partial charge < -0.3 is 19.7 Å². The van der Waals surface area contributed by atoms with Crippen molar-refractivity contribution in [3.05, 3.63) is 53.6 Å². The Morgan fingerprint density at radius 1 is 1.06 bits per heavy atom. The number of rotatable bonds is 8. The van der Waals surface area contributed by atoms with Crippen molar-refractivity contribution in [2.75, 3.05) is 57.9 Å². The molecular formula is C24H28N4O4S. The Labute approximate surface area is 197 Å². The highest BCUT2D eigenvalue weighted by atomic mass is 32.1. The minimum atomic E-state index is -0.415. The zero-order chi connectivity index (χ0) is 23.2. The number of carbonyl (C=O) groups excluding carboxylic acids is 2. The van der Waals surface area contributed by atoms with Crippen LogP contribution in [0.3, 0.4) is 0 Å². The highest BCUT2D eigenvalue weighted by Gasteiger charge is 2.20. The Bertz CT molecular complexity index is 1110. The maximum absolute atomic E-state index is 12.4. The molecule has 1 aromatic heterocycles. The van der Waals surface area contributed by atoms with Crippen LogP contribution in [-0.4, -0.2) is 74.7 Å². The van der Waals surface area contributed by atoms with E-state index in [-0.39, 0.29) is 5.91 Å². The van der Waals surface area contributed by atoms with E-state index in [0.717, 1.165) is 53.8 Å². The fourth-order valence-electron chi connectivity index (χ4n) is 3.75. The molecule has 1 amide bonds. The predicted molar refractivity (Wildman–Crippen MR) is 130 cm³/mol. The van der Waals surface area contributed by atoms with E-state index in [0.29, 0.717) is 24.3 Å². The van der Waals surface area contributed by atoms with Crippen molar-refractivity contribution in [2.24, 2.45) is 0 Å². The van der Waals surface area contributed by atoms with Gasteiger partial charge in [-0.25, -0.2) is 9.78 Å². The van der Waals surface area contributed by atoms with Crippen LogP contribution in [-0.2, 0) is 4.74 Å². The van der Waals surface area contributed by atoms with Gasteiger partial charge in [0.25, 0.3) is 5.91 Å². The van der Waals surface area contributed by atoms with Gasteiger partial charge in [0.05, 0.1) is 29.5 Å². The highest BCUT2D eigenvalue weighted by molar-refractivity contribution is 7.22. The molecule has 3 aromatic rings. The molecule has 0 atom stereocenters. The molecule has 2 heterocycles. The topological polar surface area (TPSA) is 84.0 Å². The number of ether oxygens (including phenoxy) is 2. The van der Waals surface area contributed by atoms with Crippen LogP contribution in [0, 0.1) is 0 Å². The molecule has 4 rings (SSSR count). The third-order valence-corrected chi connectivity index (χ3v) is 6.66. The Kier molecular flexibility index (Phi) is 7.41. The van der Waals surface area contributed by atoms with Crippen LogP contribution in [0.4, 0.5) is 5.13 Å². The van der Waals surface area contributed by atoms with Crippen LogP contribution in [0.2, 0.25) is 0 Å². The first-order valence-electron chi connectivity index (χ1n) is 11.0. The lowest BCUT2D eigenvalue weighted by atomic mass is 10.1. The second-order valence-corrected chi connectivity index (χ2v) is 8.72. The van der Waals surface area contributed by atoms with Gasteiger partial charge in [-0.3, -0.25) is 9.69 Å². The van der Waals surface area contributed by atoms with E-state index < -0.39 is 5.97 Å². The normalized spacial score (nSPS) is 14.3. The molecule has 1 aliphatic rings. The summed E-state index contributed by atoms with van der Waals surface area (Å²) in [6.07, 6.45) is 0. The van der Waals surface area contributed by atoms with Crippen molar-refractivity contribution in [1.29, 1.82) is 0 Å². The van der Waals surface area contributed by atoms with Gasteiger partial charge in [0.2, 0.25) is 0 Å². The molecule has 1 fully saturated rings. The summed E-state index contributed by atoms with van der Waals surface area (Å²) in [5.74, 6) is 0.319. The van der Waals surface area contributed by atoms with Gasteiger partial charge >= 0.3 is 5.97 Å². The van der Waals surface area contributed by atoms with Crippen LogP contribution >= 0.6 is 11.3 Å². The average molecular weight is 469 g/mol. The fourth-order valence-corrected chi connectivity index (χ4v) is 4.80. The molecule has 0 saturated carbocycles. The second-order valence-electron chi connectivity index (χ2n) is 7.71. The maximum atomic E-state index is 12.4. The van der Waals surface area contributed by atoms with E-state index in [9.17, 15) is 9.59 Å². The van der Waals surface area contributed by atoms with Crippen molar-refractivity contribution in [1.82, 2.24) is 15.2 Å². The third kappa shape index (κ3) is 5.61. The number of esters is 1. The van der Waals surface area contributed by atoms with E-state index in [1.54, 1.807) is 35.6 Å². The Balaban J connectivity index is 1.23. The molecule has 0 aliphatic carbocycles. The number of piperazine rings is 1. The summed E-state index contributed by atoms with van der Waals surface area (Å²) in [5, 5.41) is 4.00. The molecule has 8 nitrogen and oxygen atoms in total. The largest absolute Gasteiger partial charge is 0.494 e. The molecule has 1 aliphatic heterocycles. The lowest BCUT2D eigenvalue weighted by Crippen LogP contribution is -2.48. The van der Waals surface area contributed by atoms with E-state index in [1.165, 1.54) is 7.11 Å². The van der Waals surface area contributed by atoms with Crippen LogP contribution in [0.15, 0.2) is 42.5 Å². The summed E-state index contributed by atoms with van der Waals surface area (Å²) in [7, 11) is 1.33. The first kappa shape index (κ1) is 23.0. The number of aromatic nitrogens is 1. The molecule has 0 unspecified atom stereocenters. The fraction of sp³-hybridized carbons (Fsp3) is 0.375. The number of anilines is 1. The second kappa shape index (κ2) is 10.6. The molecule has 1 N–H and O–H groups in total. The van der Waals surface area contributed by atoms with Crippen molar-refractivity contribution in [2.45, 2.75) is 6.92 Å². The summed E-state index contributed by atoms with van der Waals surface area (Å²) < 4.78 is 11.4. The Morgan fingerprint density at radius 2 is 1.79 bits per heavy atom. The van der Waals surface area contributed by atoms with Gasteiger partial charge in [0, 0.05) is 44.8 Å². The monoisotopic (exact) mass is 468 g/mol. The number of nitrogens with zero attached hydrogens (tertiary/aromatic N) is 3. The van der Waals surface area contributed by atoms with Crippen molar-refractivity contribution in [3.63, 3.8) is 0 Å². The van der Waals surface area contributed by atoms with Gasteiger partial charge in [-0.1, -0.05) is 11.3 Å². The van der Waals surface area contributed by atoms with Crippen molar-refractivity contribution >= 4 is 38.6 Å². The van der Waals surface area contributed by atoms with Crippen LogP contribution in [0.5, 0.6) is 5.75 Å². The van der Waals surface area contributed by atoms with E-state index in [1.807, 2.05) is 19.1 Å². The van der Waals surface area contributed by atoms with Gasteiger partial charge in [-0.05, 0) is 49.4 Å². The van der Waals surface area contributed by atoms with Gasteiger partial charge in [0.1, 0.15) is 5.75 Å². The molecular weight excluding hydrogens is 440 g/mol. The molecule has 174 valence electrons. The number of amides is 1. The molecule has 9 heteroatoms. The van der Waals surface area contributed by atoms with Gasteiger partial charge in [-0.15, -0.1) is 0 Å². The molecule has 0 spiro atoms. The molecule has 0 radical (unpaired) electrons. The number of benzene rings is 2. The highest BCUT2D eigenvalue weighted by Crippen LogP contribution is 2.31. The number of hydrogen-bond donors (Lipinski definition) is 1. The molecule has 0 bridgehead atoms. The van der Waals surface area contributed by atoms with Gasteiger partial charge in [-0.2, -0.15) is 0 Å². The zero-order valence-corrected chi connectivity index (χ0v) is 19.7. The number of hydrogen-bond acceptors (Lipinski definition) is 8. The van der Waals surface area contributed by atoms with Crippen molar-refractivity contribution < 1.29 is 19.1 Å². The van der Waals surface area contributed by atoms with Crippen LogP contribution < -0.4 is 15.0 Å². The predicted octanol–water partition coefficient (Wildman–Crippen LogP) is 3.03. The average Bonchev–Trinajstić information content (AvgIpc) is 3.27.